The van der Waals surface area contributed by atoms with Gasteiger partial charge in [0, 0.05) is 30.8 Å². The molecule has 31 heavy (non-hydrogen) atoms. The van der Waals surface area contributed by atoms with Gasteiger partial charge in [-0.05, 0) is 26.8 Å². The van der Waals surface area contributed by atoms with Crippen LogP contribution in [-0.2, 0) is 14.3 Å². The number of nitrogens with zero attached hydrogens (tertiary/aromatic N) is 3. The summed E-state index contributed by atoms with van der Waals surface area (Å²) in [5.74, 6) is 0.401. The number of rotatable bonds is 4. The second-order valence-electron chi connectivity index (χ2n) is 8.16. The summed E-state index contributed by atoms with van der Waals surface area (Å²) in [6, 6.07) is 2.60. The Balaban J connectivity index is 1.83. The fourth-order valence-electron chi connectivity index (χ4n) is 3.40. The third kappa shape index (κ3) is 5.28. The van der Waals surface area contributed by atoms with Crippen LogP contribution in [0.1, 0.15) is 33.6 Å². The van der Waals surface area contributed by atoms with Gasteiger partial charge in [-0.25, -0.2) is 19.6 Å². The molecule has 1 amide bonds. The van der Waals surface area contributed by atoms with Crippen molar-refractivity contribution < 1.29 is 28.5 Å². The van der Waals surface area contributed by atoms with E-state index in [4.69, 9.17) is 30.5 Å². The zero-order valence-electron chi connectivity index (χ0n) is 18.2. The second kappa shape index (κ2) is 9.13. The van der Waals surface area contributed by atoms with E-state index in [9.17, 15) is 9.59 Å². The summed E-state index contributed by atoms with van der Waals surface area (Å²) in [5, 5.41) is 0.917. The van der Waals surface area contributed by atoms with E-state index < -0.39 is 23.7 Å². The van der Waals surface area contributed by atoms with Gasteiger partial charge in [-0.3, -0.25) is 4.90 Å². The minimum atomic E-state index is -0.822. The molecule has 1 aliphatic rings. The van der Waals surface area contributed by atoms with Crippen LogP contribution < -0.4 is 9.47 Å². The predicted octanol–water partition coefficient (Wildman–Crippen LogP) is 3.61. The van der Waals surface area contributed by atoms with Crippen molar-refractivity contribution in [2.24, 2.45) is 0 Å². The largest absolute Gasteiger partial charge is 0.493 e. The Bertz CT molecular complexity index is 977. The molecule has 1 saturated heterocycles. The molecule has 1 aliphatic heterocycles. The zero-order valence-corrected chi connectivity index (χ0v) is 18.9. The number of ether oxygens (including phenoxy) is 4. The summed E-state index contributed by atoms with van der Waals surface area (Å²) in [4.78, 5) is 34.6. The van der Waals surface area contributed by atoms with Crippen molar-refractivity contribution in [2.75, 3.05) is 20.8 Å². The maximum absolute atomic E-state index is 12.6. The van der Waals surface area contributed by atoms with Crippen LogP contribution in [-0.4, -0.2) is 65.4 Å². The molecule has 10 heteroatoms. The molecular formula is C21H26ClN3O6. The number of carbonyl (C=O) groups is 2. The summed E-state index contributed by atoms with van der Waals surface area (Å²) in [5.41, 5.74) is -0.0540. The Kier molecular flexibility index (Phi) is 6.74. The number of carbonyl (C=O) groups excluding carboxylic acids is 2. The molecular weight excluding hydrogens is 426 g/mol. The average molecular weight is 452 g/mol. The van der Waals surface area contributed by atoms with E-state index in [1.807, 2.05) is 0 Å². The molecule has 0 N–H and O–H groups in total. The number of hydrogen-bond donors (Lipinski definition) is 0. The number of amides is 1. The first kappa shape index (κ1) is 22.9. The molecule has 0 spiro atoms. The average Bonchev–Trinajstić information content (AvgIpc) is 2.72. The molecule has 1 fully saturated rings. The molecule has 2 atom stereocenters. The highest BCUT2D eigenvalue weighted by molar-refractivity contribution is 6.34. The summed E-state index contributed by atoms with van der Waals surface area (Å²) in [6.45, 7) is 5.59. The van der Waals surface area contributed by atoms with E-state index in [2.05, 4.69) is 9.97 Å². The molecule has 2 aromatic rings. The molecule has 3 rings (SSSR count). The Morgan fingerprint density at radius 1 is 1.16 bits per heavy atom. The SMILES string of the molecule is COC(=O)[C@H]1C[C@H](Oc2cc3c(Cl)ncnc3cc2OC)CCN1C(=O)OC(C)(C)C. The van der Waals surface area contributed by atoms with Crippen LogP contribution in [0.25, 0.3) is 10.9 Å². The first-order chi connectivity index (χ1) is 14.6. The maximum atomic E-state index is 12.6. The van der Waals surface area contributed by atoms with Crippen LogP contribution in [0, 0.1) is 0 Å². The molecule has 0 aliphatic carbocycles. The fraction of sp³-hybridized carbons (Fsp3) is 0.524. The van der Waals surface area contributed by atoms with Crippen molar-refractivity contribution in [2.45, 2.75) is 51.4 Å². The second-order valence-corrected chi connectivity index (χ2v) is 8.52. The molecule has 2 heterocycles. The smallest absolute Gasteiger partial charge is 0.411 e. The first-order valence-corrected chi connectivity index (χ1v) is 10.2. The number of esters is 1. The van der Waals surface area contributed by atoms with E-state index in [1.54, 1.807) is 32.9 Å². The minimum Gasteiger partial charge on any atom is -0.493 e. The maximum Gasteiger partial charge on any atom is 0.411 e. The predicted molar refractivity (Wildman–Crippen MR) is 113 cm³/mol. The van der Waals surface area contributed by atoms with Crippen LogP contribution in [0.3, 0.4) is 0 Å². The van der Waals surface area contributed by atoms with Crippen LogP contribution in [0.5, 0.6) is 11.5 Å². The van der Waals surface area contributed by atoms with E-state index in [1.165, 1.54) is 25.4 Å². The van der Waals surface area contributed by atoms with Gasteiger partial charge in [-0.15, -0.1) is 0 Å². The van der Waals surface area contributed by atoms with Crippen molar-refractivity contribution in [1.29, 1.82) is 0 Å². The van der Waals surface area contributed by atoms with Gasteiger partial charge in [0.1, 0.15) is 29.2 Å². The fourth-order valence-corrected chi connectivity index (χ4v) is 3.60. The van der Waals surface area contributed by atoms with Crippen LogP contribution in [0.4, 0.5) is 4.79 Å². The lowest BCUT2D eigenvalue weighted by molar-refractivity contribution is -0.149. The van der Waals surface area contributed by atoms with Crippen molar-refractivity contribution in [3.05, 3.63) is 23.6 Å². The quantitative estimate of drug-likeness (QED) is 0.513. The molecule has 0 radical (unpaired) electrons. The van der Waals surface area contributed by atoms with E-state index in [-0.39, 0.29) is 19.1 Å². The number of aromatic nitrogens is 2. The van der Waals surface area contributed by atoms with Gasteiger partial charge >= 0.3 is 12.1 Å². The molecule has 0 bridgehead atoms. The lowest BCUT2D eigenvalue weighted by Gasteiger charge is -2.38. The molecule has 1 aromatic carbocycles. The molecule has 1 aromatic heterocycles. The number of piperidine rings is 1. The van der Waals surface area contributed by atoms with E-state index >= 15 is 0 Å². The van der Waals surface area contributed by atoms with Gasteiger partial charge in [-0.1, -0.05) is 11.6 Å². The molecule has 168 valence electrons. The molecule has 0 unspecified atom stereocenters. The number of benzene rings is 1. The van der Waals surface area contributed by atoms with Crippen LogP contribution in [0.15, 0.2) is 18.5 Å². The van der Waals surface area contributed by atoms with E-state index in [0.29, 0.717) is 34.0 Å². The van der Waals surface area contributed by atoms with Gasteiger partial charge in [-0.2, -0.15) is 0 Å². The van der Waals surface area contributed by atoms with Crippen molar-refractivity contribution in [1.82, 2.24) is 14.9 Å². The van der Waals surface area contributed by atoms with Gasteiger partial charge in [0.25, 0.3) is 0 Å². The van der Waals surface area contributed by atoms with Crippen molar-refractivity contribution in [3.8, 4) is 11.5 Å². The molecule has 0 saturated carbocycles. The van der Waals surface area contributed by atoms with Gasteiger partial charge < -0.3 is 18.9 Å². The van der Waals surface area contributed by atoms with Crippen molar-refractivity contribution in [3.63, 3.8) is 0 Å². The molecule has 9 nitrogen and oxygen atoms in total. The number of likely N-dealkylation sites (tertiary alicyclic amines) is 1. The Labute approximate surface area is 185 Å². The van der Waals surface area contributed by atoms with E-state index in [0.717, 1.165) is 0 Å². The Hall–Kier alpha value is -2.81. The van der Waals surface area contributed by atoms with Gasteiger partial charge in [0.05, 0.1) is 19.7 Å². The minimum absolute atomic E-state index is 0.242. The zero-order chi connectivity index (χ0) is 22.8. The highest BCUT2D eigenvalue weighted by Gasteiger charge is 2.40. The topological polar surface area (TPSA) is 100 Å². The third-order valence-corrected chi connectivity index (χ3v) is 5.12. The van der Waals surface area contributed by atoms with Gasteiger partial charge in [0.15, 0.2) is 11.5 Å². The number of halogens is 1. The lowest BCUT2D eigenvalue weighted by atomic mass is 9.99. The van der Waals surface area contributed by atoms with Crippen LogP contribution >= 0.6 is 11.6 Å². The standard InChI is InChI=1S/C21H26ClN3O6/c1-21(2,3)31-20(27)25-7-6-12(8-15(25)19(26)29-5)30-17-9-13-14(10-16(17)28-4)23-11-24-18(13)22/h9-12,15H,6-8H2,1-5H3/t12-,15-/m1/s1. The summed E-state index contributed by atoms with van der Waals surface area (Å²) < 4.78 is 22.0. The van der Waals surface area contributed by atoms with Crippen molar-refractivity contribution >= 4 is 34.6 Å². The normalized spacial score (nSPS) is 19.1. The summed E-state index contributed by atoms with van der Waals surface area (Å²) in [7, 11) is 2.81. The summed E-state index contributed by atoms with van der Waals surface area (Å²) >= 11 is 6.19. The Morgan fingerprint density at radius 3 is 2.55 bits per heavy atom. The van der Waals surface area contributed by atoms with Gasteiger partial charge in [0.2, 0.25) is 0 Å². The number of hydrogen-bond acceptors (Lipinski definition) is 8. The number of fused-ring (bicyclic) bond motifs is 1. The monoisotopic (exact) mass is 451 g/mol. The number of methoxy groups -OCH3 is 2. The third-order valence-electron chi connectivity index (χ3n) is 4.82. The highest BCUT2D eigenvalue weighted by atomic mass is 35.5. The summed E-state index contributed by atoms with van der Waals surface area (Å²) in [6.07, 6.45) is 1.18. The Morgan fingerprint density at radius 2 is 1.90 bits per heavy atom. The highest BCUT2D eigenvalue weighted by Crippen LogP contribution is 2.36. The van der Waals surface area contributed by atoms with Crippen LogP contribution in [0.2, 0.25) is 5.15 Å². The first-order valence-electron chi connectivity index (χ1n) is 9.85. The lowest BCUT2D eigenvalue weighted by Crippen LogP contribution is -2.53.